The van der Waals surface area contributed by atoms with Gasteiger partial charge in [-0.15, -0.1) is 0 Å². The third-order valence-corrected chi connectivity index (χ3v) is 3.09. The summed E-state index contributed by atoms with van der Waals surface area (Å²) >= 11 is 0. The number of hydrogen-bond acceptors (Lipinski definition) is 3. The first-order valence-corrected chi connectivity index (χ1v) is 7.00. The first-order chi connectivity index (χ1) is 8.01. The van der Waals surface area contributed by atoms with Gasteiger partial charge in [0, 0.05) is 6.04 Å². The molecule has 1 aliphatic carbocycles. The van der Waals surface area contributed by atoms with E-state index in [0.29, 0.717) is 18.8 Å². The minimum atomic E-state index is -0.0533. The molecule has 0 heterocycles. The van der Waals surface area contributed by atoms with Crippen LogP contribution in [0.15, 0.2) is 0 Å². The van der Waals surface area contributed by atoms with Gasteiger partial charge in [-0.2, -0.15) is 0 Å². The zero-order chi connectivity index (χ0) is 12.7. The molecule has 0 saturated heterocycles. The fourth-order valence-corrected chi connectivity index (χ4v) is 2.33. The highest BCUT2D eigenvalue weighted by atomic mass is 16.5. The monoisotopic (exact) mass is 243 g/mol. The number of hydrogen-bond donors (Lipinski definition) is 1. The molecule has 17 heavy (non-hydrogen) atoms. The second-order valence-electron chi connectivity index (χ2n) is 5.87. The van der Waals surface area contributed by atoms with Gasteiger partial charge in [0.2, 0.25) is 0 Å². The highest BCUT2D eigenvalue weighted by molar-refractivity contribution is 4.78. The molecule has 1 rings (SSSR count). The molecule has 0 aromatic rings. The van der Waals surface area contributed by atoms with E-state index in [1.54, 1.807) is 0 Å². The van der Waals surface area contributed by atoms with Gasteiger partial charge in [-0.25, -0.2) is 0 Å². The maximum Gasteiger partial charge on any atom is 0.0707 e. The van der Waals surface area contributed by atoms with Crippen LogP contribution in [0.3, 0.4) is 0 Å². The average Bonchev–Trinajstić information content (AvgIpc) is 2.24. The fourth-order valence-electron chi connectivity index (χ4n) is 2.33. The predicted octanol–water partition coefficient (Wildman–Crippen LogP) is 2.74. The highest BCUT2D eigenvalue weighted by Gasteiger charge is 2.21. The lowest BCUT2D eigenvalue weighted by atomic mass is 9.93. The number of nitrogens with one attached hydrogen (secondary N) is 1. The summed E-state index contributed by atoms with van der Waals surface area (Å²) in [5.41, 5.74) is -0.0533. The Bertz CT molecular complexity index is 199. The van der Waals surface area contributed by atoms with Gasteiger partial charge in [0.15, 0.2) is 0 Å². The summed E-state index contributed by atoms with van der Waals surface area (Å²) < 4.78 is 11.5. The second kappa shape index (κ2) is 7.34. The van der Waals surface area contributed by atoms with E-state index >= 15 is 0 Å². The van der Waals surface area contributed by atoms with Crippen molar-refractivity contribution in [3.8, 4) is 0 Å². The number of ether oxygens (including phenoxy) is 2. The quantitative estimate of drug-likeness (QED) is 0.728. The molecule has 102 valence electrons. The van der Waals surface area contributed by atoms with Crippen molar-refractivity contribution in [3.05, 3.63) is 0 Å². The molecule has 0 amide bonds. The maximum atomic E-state index is 5.89. The zero-order valence-electron chi connectivity index (χ0n) is 11.9. The van der Waals surface area contributed by atoms with Crippen LogP contribution >= 0.6 is 0 Å². The van der Waals surface area contributed by atoms with Crippen LogP contribution in [-0.2, 0) is 9.47 Å². The highest BCUT2D eigenvalue weighted by Crippen LogP contribution is 2.21. The van der Waals surface area contributed by atoms with Crippen molar-refractivity contribution in [3.63, 3.8) is 0 Å². The summed E-state index contributed by atoms with van der Waals surface area (Å²) in [6.45, 7) is 10.9. The summed E-state index contributed by atoms with van der Waals surface area (Å²) in [4.78, 5) is 0. The molecule has 2 atom stereocenters. The topological polar surface area (TPSA) is 30.5 Å². The summed E-state index contributed by atoms with van der Waals surface area (Å²) in [7, 11) is 0. The largest absolute Gasteiger partial charge is 0.376 e. The second-order valence-corrected chi connectivity index (χ2v) is 5.87. The summed E-state index contributed by atoms with van der Waals surface area (Å²) in [5.74, 6) is 0. The smallest absolute Gasteiger partial charge is 0.0707 e. The minimum Gasteiger partial charge on any atom is -0.376 e. The van der Waals surface area contributed by atoms with E-state index in [1.807, 2.05) is 0 Å². The first kappa shape index (κ1) is 14.9. The van der Waals surface area contributed by atoms with Gasteiger partial charge >= 0.3 is 0 Å². The van der Waals surface area contributed by atoms with Crippen LogP contribution in [-0.4, -0.2) is 37.5 Å². The Morgan fingerprint density at radius 2 is 1.94 bits per heavy atom. The lowest BCUT2D eigenvalue weighted by Gasteiger charge is -2.30. The lowest BCUT2D eigenvalue weighted by molar-refractivity contribution is -0.0597. The molecule has 0 spiro atoms. The molecule has 0 aromatic carbocycles. The van der Waals surface area contributed by atoms with Crippen LogP contribution < -0.4 is 5.32 Å². The third kappa shape index (κ3) is 7.02. The normalized spacial score (nSPS) is 26.1. The predicted molar refractivity (Wildman–Crippen MR) is 71.4 cm³/mol. The van der Waals surface area contributed by atoms with E-state index in [2.05, 4.69) is 33.0 Å². The van der Waals surface area contributed by atoms with Crippen LogP contribution in [0.2, 0.25) is 0 Å². The number of rotatable bonds is 6. The molecular weight excluding hydrogens is 214 g/mol. The van der Waals surface area contributed by atoms with Crippen molar-refractivity contribution in [2.75, 3.05) is 19.8 Å². The molecule has 3 nitrogen and oxygen atoms in total. The van der Waals surface area contributed by atoms with Crippen LogP contribution in [0.1, 0.15) is 53.4 Å². The molecule has 1 aliphatic rings. The van der Waals surface area contributed by atoms with Gasteiger partial charge < -0.3 is 14.8 Å². The third-order valence-electron chi connectivity index (χ3n) is 3.09. The zero-order valence-corrected chi connectivity index (χ0v) is 11.9. The van der Waals surface area contributed by atoms with E-state index in [9.17, 15) is 0 Å². The molecule has 1 fully saturated rings. The molecular formula is C14H29NO2. The molecule has 0 bridgehead atoms. The summed E-state index contributed by atoms with van der Waals surface area (Å²) in [6, 6.07) is 0.655. The Morgan fingerprint density at radius 1 is 1.18 bits per heavy atom. The van der Waals surface area contributed by atoms with Gasteiger partial charge in [0.05, 0.1) is 24.9 Å². The van der Waals surface area contributed by atoms with Gasteiger partial charge in [0.25, 0.3) is 0 Å². The maximum absolute atomic E-state index is 5.89. The molecule has 0 aromatic heterocycles. The standard InChI is InChI=1S/C14H29NO2/c1-5-15-12-7-6-8-13(11-12)16-9-10-17-14(2,3)4/h12-13,15H,5-11H2,1-4H3. The Balaban J connectivity index is 2.10. The van der Waals surface area contributed by atoms with Gasteiger partial charge in [-0.05, 0) is 53.0 Å². The first-order valence-electron chi connectivity index (χ1n) is 7.00. The Kier molecular flexibility index (Phi) is 6.45. The van der Waals surface area contributed by atoms with Crippen molar-refractivity contribution >= 4 is 0 Å². The average molecular weight is 243 g/mol. The van der Waals surface area contributed by atoms with E-state index in [-0.39, 0.29) is 5.60 Å². The van der Waals surface area contributed by atoms with E-state index < -0.39 is 0 Å². The molecule has 3 heteroatoms. The van der Waals surface area contributed by atoms with Crippen molar-refractivity contribution < 1.29 is 9.47 Å². The van der Waals surface area contributed by atoms with E-state index in [4.69, 9.17) is 9.47 Å². The van der Waals surface area contributed by atoms with Gasteiger partial charge in [-0.1, -0.05) is 6.92 Å². The van der Waals surface area contributed by atoms with E-state index in [1.165, 1.54) is 19.3 Å². The van der Waals surface area contributed by atoms with Crippen molar-refractivity contribution in [1.29, 1.82) is 0 Å². The SMILES string of the molecule is CCNC1CCCC(OCCOC(C)(C)C)C1. The molecule has 1 N–H and O–H groups in total. The van der Waals surface area contributed by atoms with Crippen LogP contribution in [0.25, 0.3) is 0 Å². The molecule has 2 unspecified atom stereocenters. The molecule has 0 aliphatic heterocycles. The Labute approximate surface area is 106 Å². The van der Waals surface area contributed by atoms with Gasteiger partial charge in [0.1, 0.15) is 0 Å². The minimum absolute atomic E-state index is 0.0533. The summed E-state index contributed by atoms with van der Waals surface area (Å²) in [5, 5.41) is 3.52. The van der Waals surface area contributed by atoms with Crippen molar-refractivity contribution in [2.45, 2.75) is 71.1 Å². The van der Waals surface area contributed by atoms with Crippen molar-refractivity contribution in [2.24, 2.45) is 0 Å². The Hall–Kier alpha value is -0.120. The van der Waals surface area contributed by atoms with Crippen LogP contribution in [0, 0.1) is 0 Å². The van der Waals surface area contributed by atoms with Crippen LogP contribution in [0.4, 0.5) is 0 Å². The van der Waals surface area contributed by atoms with Crippen molar-refractivity contribution in [1.82, 2.24) is 5.32 Å². The Morgan fingerprint density at radius 3 is 2.59 bits per heavy atom. The lowest BCUT2D eigenvalue weighted by Crippen LogP contribution is -2.37. The van der Waals surface area contributed by atoms with Crippen LogP contribution in [0.5, 0.6) is 0 Å². The van der Waals surface area contributed by atoms with Gasteiger partial charge in [-0.3, -0.25) is 0 Å². The fraction of sp³-hybridized carbons (Fsp3) is 1.00. The van der Waals surface area contributed by atoms with E-state index in [0.717, 1.165) is 19.6 Å². The molecule has 0 radical (unpaired) electrons. The summed E-state index contributed by atoms with van der Waals surface area (Å²) in [6.07, 6.45) is 5.37. The molecule has 1 saturated carbocycles.